The Morgan fingerprint density at radius 3 is 2.30 bits per heavy atom. The number of halogens is 2. The van der Waals surface area contributed by atoms with Crippen LogP contribution in [-0.2, 0) is 0 Å². The van der Waals surface area contributed by atoms with E-state index in [4.69, 9.17) is 0 Å². The van der Waals surface area contributed by atoms with Crippen LogP contribution in [-0.4, -0.2) is 4.98 Å². The topological polar surface area (TPSA) is 12.9 Å². The number of pyridine rings is 1. The van der Waals surface area contributed by atoms with E-state index in [9.17, 15) is 8.78 Å². The second-order valence-electron chi connectivity index (χ2n) is 2.15. The lowest BCUT2D eigenvalue weighted by Gasteiger charge is -1.99. The lowest BCUT2D eigenvalue weighted by atomic mass is 10.2. The minimum Gasteiger partial charge on any atom is -0.225 e. The van der Waals surface area contributed by atoms with Crippen molar-refractivity contribution in [1.82, 2.24) is 4.98 Å². The van der Waals surface area contributed by atoms with Gasteiger partial charge in [-0.1, -0.05) is 0 Å². The maximum atomic E-state index is 12.5. The van der Waals surface area contributed by atoms with Gasteiger partial charge in [-0.2, -0.15) is 4.39 Å². The van der Waals surface area contributed by atoms with E-state index in [0.717, 1.165) is 6.20 Å². The molecule has 1 aromatic rings. The number of hydrogen-bond donors (Lipinski definition) is 0. The number of hydrogen-bond acceptors (Lipinski definition) is 1. The molecule has 0 amide bonds. The van der Waals surface area contributed by atoms with E-state index in [1.807, 2.05) is 0 Å². The summed E-state index contributed by atoms with van der Waals surface area (Å²) < 4.78 is 25.0. The molecule has 0 aromatic carbocycles. The molecule has 0 N–H and O–H groups in total. The average Bonchev–Trinajstić information content (AvgIpc) is 1.93. The summed E-state index contributed by atoms with van der Waals surface area (Å²) in [5.74, 6) is -1.06. The SMILES string of the molecule is Cc1c(F)cnc(F)c1C. The van der Waals surface area contributed by atoms with E-state index in [2.05, 4.69) is 4.98 Å². The minimum absolute atomic E-state index is 0.278. The fraction of sp³-hybridized carbons (Fsp3) is 0.286. The van der Waals surface area contributed by atoms with E-state index in [1.54, 1.807) is 0 Å². The Morgan fingerprint density at radius 1 is 1.20 bits per heavy atom. The van der Waals surface area contributed by atoms with Crippen LogP contribution in [0.4, 0.5) is 8.78 Å². The summed E-state index contributed by atoms with van der Waals surface area (Å²) in [6.45, 7) is 3.02. The van der Waals surface area contributed by atoms with Crippen molar-refractivity contribution in [2.75, 3.05) is 0 Å². The Bertz CT molecular complexity index is 231. The van der Waals surface area contributed by atoms with E-state index >= 15 is 0 Å². The summed E-state index contributed by atoms with van der Waals surface area (Å²) in [6, 6.07) is 0. The predicted molar refractivity (Wildman–Crippen MR) is 33.6 cm³/mol. The van der Waals surface area contributed by atoms with Gasteiger partial charge in [-0.05, 0) is 19.4 Å². The van der Waals surface area contributed by atoms with Crippen molar-refractivity contribution in [2.24, 2.45) is 0 Å². The molecule has 1 heterocycles. The van der Waals surface area contributed by atoms with Crippen molar-refractivity contribution >= 4 is 0 Å². The van der Waals surface area contributed by atoms with Gasteiger partial charge in [0.25, 0.3) is 0 Å². The lowest BCUT2D eigenvalue weighted by molar-refractivity contribution is 0.545. The maximum Gasteiger partial charge on any atom is 0.216 e. The third-order valence-electron chi connectivity index (χ3n) is 1.52. The van der Waals surface area contributed by atoms with E-state index in [0.29, 0.717) is 5.56 Å². The molecule has 1 rings (SSSR count). The summed E-state index contributed by atoms with van der Waals surface area (Å²) in [5.41, 5.74) is 0.604. The second kappa shape index (κ2) is 2.33. The van der Waals surface area contributed by atoms with Crippen LogP contribution in [0.5, 0.6) is 0 Å². The molecule has 0 aliphatic heterocycles. The van der Waals surface area contributed by atoms with Crippen molar-refractivity contribution in [3.63, 3.8) is 0 Å². The molecule has 10 heavy (non-hydrogen) atoms. The fourth-order valence-electron chi connectivity index (χ4n) is 0.641. The van der Waals surface area contributed by atoms with Gasteiger partial charge in [-0.25, -0.2) is 9.37 Å². The zero-order valence-electron chi connectivity index (χ0n) is 5.78. The van der Waals surface area contributed by atoms with Gasteiger partial charge in [0.15, 0.2) is 0 Å². The monoisotopic (exact) mass is 143 g/mol. The molecule has 1 aromatic heterocycles. The molecule has 0 radical (unpaired) electrons. The number of nitrogens with zero attached hydrogens (tertiary/aromatic N) is 1. The van der Waals surface area contributed by atoms with Crippen molar-refractivity contribution in [2.45, 2.75) is 13.8 Å². The third-order valence-corrected chi connectivity index (χ3v) is 1.52. The third kappa shape index (κ3) is 0.988. The molecule has 0 spiro atoms. The number of rotatable bonds is 0. The first-order valence-electron chi connectivity index (χ1n) is 2.90. The highest BCUT2D eigenvalue weighted by Crippen LogP contribution is 2.11. The van der Waals surface area contributed by atoms with Crippen LogP contribution in [0, 0.1) is 25.6 Å². The Balaban J connectivity index is 3.34. The van der Waals surface area contributed by atoms with E-state index < -0.39 is 11.8 Å². The highest BCUT2D eigenvalue weighted by atomic mass is 19.1. The molecule has 0 aliphatic rings. The standard InChI is InChI=1S/C7H7F2N/c1-4-5(2)7(9)10-3-6(4)8/h3H,1-2H3. The summed E-state index contributed by atoms with van der Waals surface area (Å²) in [7, 11) is 0. The first-order chi connectivity index (χ1) is 4.63. The average molecular weight is 143 g/mol. The molecule has 0 saturated heterocycles. The van der Waals surface area contributed by atoms with Crippen molar-refractivity contribution in [3.05, 3.63) is 29.1 Å². The highest BCUT2D eigenvalue weighted by molar-refractivity contribution is 5.22. The van der Waals surface area contributed by atoms with Crippen LogP contribution in [0.15, 0.2) is 6.20 Å². The van der Waals surface area contributed by atoms with Gasteiger partial charge in [0.2, 0.25) is 5.95 Å². The van der Waals surface area contributed by atoms with Gasteiger partial charge in [0, 0.05) is 5.56 Å². The molecule has 0 bridgehead atoms. The zero-order chi connectivity index (χ0) is 7.72. The van der Waals surface area contributed by atoms with Gasteiger partial charge in [0.1, 0.15) is 5.82 Å². The fourth-order valence-corrected chi connectivity index (χ4v) is 0.641. The minimum atomic E-state index is -0.598. The van der Waals surface area contributed by atoms with Gasteiger partial charge >= 0.3 is 0 Å². The summed E-state index contributed by atoms with van der Waals surface area (Å²) in [5, 5.41) is 0. The second-order valence-corrected chi connectivity index (χ2v) is 2.15. The molecule has 0 saturated carbocycles. The van der Waals surface area contributed by atoms with Crippen molar-refractivity contribution in [1.29, 1.82) is 0 Å². The highest BCUT2D eigenvalue weighted by Gasteiger charge is 2.05. The van der Waals surface area contributed by atoms with Gasteiger partial charge in [-0.3, -0.25) is 0 Å². The number of aromatic nitrogens is 1. The van der Waals surface area contributed by atoms with Crippen LogP contribution in [0.3, 0.4) is 0 Å². The normalized spacial score (nSPS) is 10.0. The summed E-state index contributed by atoms with van der Waals surface area (Å²) in [6.07, 6.45) is 0.887. The zero-order valence-corrected chi connectivity index (χ0v) is 5.78. The Hall–Kier alpha value is -0.990. The first kappa shape index (κ1) is 7.12. The van der Waals surface area contributed by atoms with Crippen molar-refractivity contribution < 1.29 is 8.78 Å². The van der Waals surface area contributed by atoms with Crippen LogP contribution < -0.4 is 0 Å². The largest absolute Gasteiger partial charge is 0.225 e. The molecule has 3 heteroatoms. The first-order valence-corrected chi connectivity index (χ1v) is 2.90. The van der Waals surface area contributed by atoms with Crippen LogP contribution in [0.1, 0.15) is 11.1 Å². The molecular weight excluding hydrogens is 136 g/mol. The summed E-state index contributed by atoms with van der Waals surface area (Å²) in [4.78, 5) is 3.20. The van der Waals surface area contributed by atoms with Gasteiger partial charge in [0.05, 0.1) is 6.20 Å². The predicted octanol–water partition coefficient (Wildman–Crippen LogP) is 1.98. The Kier molecular flexibility index (Phi) is 1.66. The van der Waals surface area contributed by atoms with E-state index in [-0.39, 0.29) is 5.56 Å². The van der Waals surface area contributed by atoms with Crippen molar-refractivity contribution in [3.8, 4) is 0 Å². The lowest BCUT2D eigenvalue weighted by Crippen LogP contribution is -1.94. The smallest absolute Gasteiger partial charge is 0.216 e. The quantitative estimate of drug-likeness (QED) is 0.506. The van der Waals surface area contributed by atoms with Crippen LogP contribution in [0.25, 0.3) is 0 Å². The molecule has 0 fully saturated rings. The van der Waals surface area contributed by atoms with Gasteiger partial charge < -0.3 is 0 Å². The van der Waals surface area contributed by atoms with Crippen LogP contribution >= 0.6 is 0 Å². The molecular formula is C7H7F2N. The van der Waals surface area contributed by atoms with E-state index in [1.165, 1.54) is 13.8 Å². The van der Waals surface area contributed by atoms with Gasteiger partial charge in [-0.15, -0.1) is 0 Å². The molecule has 1 nitrogen and oxygen atoms in total. The molecule has 0 atom stereocenters. The summed E-state index contributed by atoms with van der Waals surface area (Å²) >= 11 is 0. The molecule has 0 aliphatic carbocycles. The molecule has 0 unspecified atom stereocenters. The Morgan fingerprint density at radius 2 is 1.80 bits per heavy atom. The molecule has 54 valence electrons. The maximum absolute atomic E-state index is 12.5. The van der Waals surface area contributed by atoms with Crippen LogP contribution in [0.2, 0.25) is 0 Å². The Labute approximate surface area is 57.7 Å².